The number of hydrogen-bond acceptors (Lipinski definition) is 6. The number of ether oxygens (including phenoxy) is 1. The number of para-hydroxylation sites is 1. The number of carbonyl (C=O) groups excluding carboxylic acids is 1. The van der Waals surface area contributed by atoms with Gasteiger partial charge in [0.1, 0.15) is 23.4 Å². The van der Waals surface area contributed by atoms with Crippen molar-refractivity contribution in [3.05, 3.63) is 70.0 Å². The third-order valence-electron chi connectivity index (χ3n) is 3.77. The molecule has 3 aromatic rings. The summed E-state index contributed by atoms with van der Waals surface area (Å²) in [7, 11) is 0. The number of nitrogens with zero attached hydrogens (tertiary/aromatic N) is 2. The first-order valence-corrected chi connectivity index (χ1v) is 9.01. The maximum atomic E-state index is 10.6. The molecule has 0 saturated carbocycles. The molecule has 27 heavy (non-hydrogen) atoms. The molecule has 2 aromatic carbocycles. The maximum Gasteiger partial charge on any atom is 0.134 e. The number of hydrogen-bond donors (Lipinski definition) is 0. The van der Waals surface area contributed by atoms with Crippen LogP contribution in [0.4, 0.5) is 0 Å². The lowest BCUT2D eigenvalue weighted by Gasteiger charge is -2.09. The molecule has 134 valence electrons. The van der Waals surface area contributed by atoms with Crippen LogP contribution >= 0.6 is 11.3 Å². The van der Waals surface area contributed by atoms with Crippen molar-refractivity contribution < 1.29 is 14.6 Å². The fourth-order valence-electron chi connectivity index (χ4n) is 2.42. The molecule has 0 fully saturated rings. The highest BCUT2D eigenvalue weighted by atomic mass is 32.1. The Bertz CT molecular complexity index is 1030. The minimum absolute atomic E-state index is 0.366. The van der Waals surface area contributed by atoms with E-state index >= 15 is 0 Å². The third kappa shape index (κ3) is 4.60. The van der Waals surface area contributed by atoms with E-state index in [2.05, 4.69) is 11.1 Å². The van der Waals surface area contributed by atoms with E-state index in [1.54, 1.807) is 30.3 Å². The van der Waals surface area contributed by atoms with Gasteiger partial charge in [-0.05, 0) is 19.1 Å². The van der Waals surface area contributed by atoms with Crippen LogP contribution in [0.2, 0.25) is 0 Å². The number of nitriles is 1. The largest absolute Gasteiger partial charge is 0.546 e. The van der Waals surface area contributed by atoms with E-state index < -0.39 is 12.6 Å². The molecule has 0 aliphatic carbocycles. The minimum atomic E-state index is -1.31. The Hall–Kier alpha value is -3.43. The number of aromatic nitrogens is 1. The predicted octanol–water partition coefficient (Wildman–Crippen LogP) is 3.31. The molecular formula is C21H15N2O3S-. The van der Waals surface area contributed by atoms with Crippen LogP contribution in [0.1, 0.15) is 16.1 Å². The number of benzene rings is 2. The number of aliphatic carboxylic acids is 1. The van der Waals surface area contributed by atoms with Gasteiger partial charge < -0.3 is 14.6 Å². The molecule has 0 N–H and O–H groups in total. The molecule has 1 heterocycles. The number of aryl methyl sites for hydroxylation is 1. The monoisotopic (exact) mass is 375 g/mol. The van der Waals surface area contributed by atoms with Crippen LogP contribution in [0.25, 0.3) is 22.9 Å². The summed E-state index contributed by atoms with van der Waals surface area (Å²) >= 11 is 1.38. The first-order chi connectivity index (χ1) is 13.1. The summed E-state index contributed by atoms with van der Waals surface area (Å²) in [5, 5.41) is 22.7. The van der Waals surface area contributed by atoms with Gasteiger partial charge in [-0.3, -0.25) is 0 Å². The molecule has 0 radical (unpaired) electrons. The molecule has 6 heteroatoms. The van der Waals surface area contributed by atoms with Crippen molar-refractivity contribution in [1.82, 2.24) is 4.98 Å². The molecule has 0 bridgehead atoms. The molecule has 5 nitrogen and oxygen atoms in total. The SMILES string of the molecule is Cc1ccc(-c2csc(/C(C#N)=C/c3ccccc3OCC(=O)[O-])n2)cc1. The first kappa shape index (κ1) is 18.4. The molecule has 0 aliphatic heterocycles. The highest BCUT2D eigenvalue weighted by Crippen LogP contribution is 2.29. The van der Waals surface area contributed by atoms with Crippen LogP contribution in [-0.2, 0) is 4.79 Å². The Morgan fingerprint density at radius 1 is 1.26 bits per heavy atom. The van der Waals surface area contributed by atoms with Crippen molar-refractivity contribution in [2.24, 2.45) is 0 Å². The molecule has 0 atom stereocenters. The molecular weight excluding hydrogens is 360 g/mol. The Kier molecular flexibility index (Phi) is 5.64. The second-order valence-corrected chi connectivity index (χ2v) is 6.63. The van der Waals surface area contributed by atoms with Gasteiger partial charge in [-0.2, -0.15) is 5.26 Å². The van der Waals surface area contributed by atoms with Gasteiger partial charge >= 0.3 is 0 Å². The smallest absolute Gasteiger partial charge is 0.134 e. The summed E-state index contributed by atoms with van der Waals surface area (Å²) in [5.41, 5.74) is 3.93. The Morgan fingerprint density at radius 2 is 2.00 bits per heavy atom. The second-order valence-electron chi connectivity index (χ2n) is 5.77. The van der Waals surface area contributed by atoms with E-state index in [0.29, 0.717) is 21.9 Å². The van der Waals surface area contributed by atoms with E-state index in [1.807, 2.05) is 36.6 Å². The number of carbonyl (C=O) groups is 1. The van der Waals surface area contributed by atoms with Crippen LogP contribution in [0.15, 0.2) is 53.9 Å². The lowest BCUT2D eigenvalue weighted by atomic mass is 10.1. The molecule has 0 spiro atoms. The van der Waals surface area contributed by atoms with Crippen LogP contribution < -0.4 is 9.84 Å². The van der Waals surface area contributed by atoms with Crippen LogP contribution in [0, 0.1) is 18.3 Å². The van der Waals surface area contributed by atoms with Gasteiger partial charge in [0.2, 0.25) is 0 Å². The highest BCUT2D eigenvalue weighted by molar-refractivity contribution is 7.11. The predicted molar refractivity (Wildman–Crippen MR) is 103 cm³/mol. The van der Waals surface area contributed by atoms with Gasteiger partial charge in [0, 0.05) is 16.5 Å². The third-order valence-corrected chi connectivity index (χ3v) is 4.64. The number of carboxylic acids is 1. The molecule has 0 saturated heterocycles. The zero-order chi connectivity index (χ0) is 19.2. The molecule has 0 aliphatic rings. The molecule has 3 rings (SSSR count). The number of allylic oxidation sites excluding steroid dienone is 1. The van der Waals surface area contributed by atoms with Gasteiger partial charge in [0.15, 0.2) is 0 Å². The van der Waals surface area contributed by atoms with Crippen molar-refractivity contribution in [3.8, 4) is 23.1 Å². The van der Waals surface area contributed by atoms with Crippen LogP contribution in [-0.4, -0.2) is 17.6 Å². The van der Waals surface area contributed by atoms with Crippen LogP contribution in [0.3, 0.4) is 0 Å². The zero-order valence-electron chi connectivity index (χ0n) is 14.5. The molecule has 1 aromatic heterocycles. The number of thiazole rings is 1. The quantitative estimate of drug-likeness (QED) is 0.617. The van der Waals surface area contributed by atoms with Gasteiger partial charge in [0.05, 0.1) is 17.2 Å². The summed E-state index contributed by atoms with van der Waals surface area (Å²) in [6.07, 6.45) is 1.64. The summed E-state index contributed by atoms with van der Waals surface area (Å²) < 4.78 is 5.23. The fraction of sp³-hybridized carbons (Fsp3) is 0.0952. The lowest BCUT2D eigenvalue weighted by Crippen LogP contribution is -2.29. The Labute approximate surface area is 160 Å². The molecule has 0 unspecified atom stereocenters. The topological polar surface area (TPSA) is 86.0 Å². The van der Waals surface area contributed by atoms with E-state index in [-0.39, 0.29) is 0 Å². The highest BCUT2D eigenvalue weighted by Gasteiger charge is 2.10. The standard InChI is InChI=1S/C21H16N2O3S/c1-14-6-8-15(9-7-14)18-13-27-21(23-18)17(11-22)10-16-4-2-3-5-19(16)26-12-20(24)25/h2-10,13H,12H2,1H3,(H,24,25)/p-1/b17-10+. The van der Waals surface area contributed by atoms with Crippen LogP contribution in [0.5, 0.6) is 5.75 Å². The second kappa shape index (κ2) is 8.30. The summed E-state index contributed by atoms with van der Waals surface area (Å²) in [6.45, 7) is 1.47. The van der Waals surface area contributed by atoms with E-state index in [4.69, 9.17) is 4.74 Å². The Morgan fingerprint density at radius 3 is 2.70 bits per heavy atom. The maximum absolute atomic E-state index is 10.6. The number of rotatable bonds is 6. The van der Waals surface area contributed by atoms with Gasteiger partial charge in [-0.25, -0.2) is 4.98 Å². The van der Waals surface area contributed by atoms with E-state index in [0.717, 1.165) is 11.3 Å². The van der Waals surface area contributed by atoms with Crippen molar-refractivity contribution >= 4 is 29.0 Å². The number of carboxylic acid groups (broad SMARTS) is 1. The normalized spacial score (nSPS) is 11.0. The van der Waals surface area contributed by atoms with Gasteiger partial charge in [-0.1, -0.05) is 48.0 Å². The Balaban J connectivity index is 1.91. The summed E-state index contributed by atoms with van der Waals surface area (Å²) in [6, 6.07) is 17.1. The zero-order valence-corrected chi connectivity index (χ0v) is 15.3. The fourth-order valence-corrected chi connectivity index (χ4v) is 3.21. The summed E-state index contributed by atoms with van der Waals surface area (Å²) in [5.74, 6) is -0.943. The van der Waals surface area contributed by atoms with Gasteiger partial charge in [-0.15, -0.1) is 11.3 Å². The summed E-state index contributed by atoms with van der Waals surface area (Å²) in [4.78, 5) is 15.2. The first-order valence-electron chi connectivity index (χ1n) is 8.13. The average molecular weight is 375 g/mol. The van der Waals surface area contributed by atoms with Crippen molar-refractivity contribution in [3.63, 3.8) is 0 Å². The lowest BCUT2D eigenvalue weighted by molar-refractivity contribution is -0.307. The van der Waals surface area contributed by atoms with Crippen molar-refractivity contribution in [2.45, 2.75) is 6.92 Å². The van der Waals surface area contributed by atoms with Crippen molar-refractivity contribution in [1.29, 1.82) is 5.26 Å². The van der Waals surface area contributed by atoms with Crippen molar-refractivity contribution in [2.75, 3.05) is 6.61 Å². The van der Waals surface area contributed by atoms with E-state index in [9.17, 15) is 15.2 Å². The average Bonchev–Trinajstić information content (AvgIpc) is 3.15. The van der Waals surface area contributed by atoms with Gasteiger partial charge in [0.25, 0.3) is 0 Å². The van der Waals surface area contributed by atoms with E-state index in [1.165, 1.54) is 16.9 Å². The minimum Gasteiger partial charge on any atom is -0.546 e. The molecule has 0 amide bonds.